The third kappa shape index (κ3) is 2.13. The fourth-order valence-electron chi connectivity index (χ4n) is 1.99. The molecule has 0 radical (unpaired) electrons. The predicted molar refractivity (Wildman–Crippen MR) is 61.6 cm³/mol. The van der Waals surface area contributed by atoms with Crippen molar-refractivity contribution in [2.45, 2.75) is 13.0 Å². The van der Waals surface area contributed by atoms with Gasteiger partial charge in [0.05, 0.1) is 0 Å². The minimum Gasteiger partial charge on any atom is -0.357 e. The van der Waals surface area contributed by atoms with Crippen LogP contribution in [0.25, 0.3) is 0 Å². The molecule has 1 unspecified atom stereocenters. The number of carbonyl (C=O) groups is 2. The highest BCUT2D eigenvalue weighted by Crippen LogP contribution is 2.23. The van der Waals surface area contributed by atoms with E-state index in [2.05, 4.69) is 5.32 Å². The van der Waals surface area contributed by atoms with E-state index in [1.165, 1.54) is 18.2 Å². The molecule has 0 bridgehead atoms. The molecule has 1 N–H and O–H groups in total. The third-order valence-corrected chi connectivity index (χ3v) is 2.92. The molecule has 1 aromatic carbocycles. The first-order valence-electron chi connectivity index (χ1n) is 5.42. The molecule has 0 spiro atoms. The largest absolute Gasteiger partial charge is 0.357 e. The van der Waals surface area contributed by atoms with Gasteiger partial charge in [0, 0.05) is 24.3 Å². The highest BCUT2D eigenvalue weighted by atomic mass is 19.1. The maximum Gasteiger partial charge on any atom is 0.242 e. The molecule has 1 saturated heterocycles. The van der Waals surface area contributed by atoms with Crippen molar-refractivity contribution in [2.75, 3.05) is 18.0 Å². The van der Waals surface area contributed by atoms with Gasteiger partial charge in [-0.2, -0.15) is 0 Å². The van der Waals surface area contributed by atoms with Crippen molar-refractivity contribution in [1.29, 1.82) is 0 Å². The quantitative estimate of drug-likeness (QED) is 0.778. The van der Waals surface area contributed by atoms with E-state index in [-0.39, 0.29) is 17.5 Å². The molecule has 5 heteroatoms. The maximum atomic E-state index is 13.0. The summed E-state index contributed by atoms with van der Waals surface area (Å²) in [6.07, 6.45) is 0.609. The van der Waals surface area contributed by atoms with Crippen molar-refractivity contribution >= 4 is 17.9 Å². The zero-order valence-electron chi connectivity index (χ0n) is 9.44. The molecular weight excluding hydrogens is 223 g/mol. The zero-order valence-corrected chi connectivity index (χ0v) is 9.44. The summed E-state index contributed by atoms with van der Waals surface area (Å²) in [6, 6.07) is 3.66. The van der Waals surface area contributed by atoms with E-state index >= 15 is 0 Å². The molecule has 0 aromatic heterocycles. The van der Waals surface area contributed by atoms with E-state index in [1.54, 1.807) is 6.92 Å². The first-order valence-corrected chi connectivity index (χ1v) is 5.42. The number of hydrogen-bond acceptors (Lipinski definition) is 3. The summed E-state index contributed by atoms with van der Waals surface area (Å²) in [5, 5.41) is 2.74. The van der Waals surface area contributed by atoms with Gasteiger partial charge in [0.15, 0.2) is 6.29 Å². The third-order valence-electron chi connectivity index (χ3n) is 2.92. The number of nitrogens with zero attached hydrogens (tertiary/aromatic N) is 1. The molecule has 1 aliphatic heterocycles. The number of amides is 1. The molecule has 1 aliphatic rings. The summed E-state index contributed by atoms with van der Waals surface area (Å²) in [4.78, 5) is 24.3. The number of piperazine rings is 1. The fraction of sp³-hybridized carbons (Fsp3) is 0.333. The number of rotatable bonds is 2. The van der Waals surface area contributed by atoms with Gasteiger partial charge in [-0.3, -0.25) is 9.59 Å². The van der Waals surface area contributed by atoms with E-state index in [0.717, 1.165) is 0 Å². The molecule has 1 aromatic rings. The molecule has 0 saturated carbocycles. The Morgan fingerprint density at radius 1 is 1.53 bits per heavy atom. The maximum absolute atomic E-state index is 13.0. The van der Waals surface area contributed by atoms with Crippen LogP contribution >= 0.6 is 0 Å². The average Bonchev–Trinajstić information content (AvgIpc) is 2.33. The summed E-state index contributed by atoms with van der Waals surface area (Å²) in [5.41, 5.74) is 0.871. The number of hydrogen-bond donors (Lipinski definition) is 1. The molecule has 17 heavy (non-hydrogen) atoms. The molecule has 0 aliphatic carbocycles. The van der Waals surface area contributed by atoms with Gasteiger partial charge in [-0.15, -0.1) is 0 Å². The van der Waals surface area contributed by atoms with Crippen LogP contribution in [0, 0.1) is 5.82 Å². The number of nitrogens with one attached hydrogen (secondary N) is 1. The Balaban J connectivity index is 2.38. The van der Waals surface area contributed by atoms with Crippen molar-refractivity contribution in [3.63, 3.8) is 0 Å². The van der Waals surface area contributed by atoms with Crippen LogP contribution in [-0.4, -0.2) is 31.3 Å². The van der Waals surface area contributed by atoms with Crippen molar-refractivity contribution in [3.8, 4) is 0 Å². The van der Waals surface area contributed by atoms with Crippen molar-refractivity contribution in [1.82, 2.24) is 5.32 Å². The molecule has 90 valence electrons. The lowest BCUT2D eigenvalue weighted by Gasteiger charge is -2.35. The van der Waals surface area contributed by atoms with E-state index in [1.807, 2.05) is 4.90 Å². The van der Waals surface area contributed by atoms with E-state index in [9.17, 15) is 14.0 Å². The van der Waals surface area contributed by atoms with E-state index in [0.29, 0.717) is 25.1 Å². The van der Waals surface area contributed by atoms with Crippen LogP contribution in [0.1, 0.15) is 17.3 Å². The van der Waals surface area contributed by atoms with Crippen molar-refractivity contribution < 1.29 is 14.0 Å². The summed E-state index contributed by atoms with van der Waals surface area (Å²) < 4.78 is 13.0. The second kappa shape index (κ2) is 4.53. The van der Waals surface area contributed by atoms with Gasteiger partial charge < -0.3 is 10.2 Å². The monoisotopic (exact) mass is 236 g/mol. The first kappa shape index (κ1) is 11.6. The van der Waals surface area contributed by atoms with Crippen LogP contribution in [0.4, 0.5) is 10.1 Å². The summed E-state index contributed by atoms with van der Waals surface area (Å²) in [6.45, 7) is 2.89. The van der Waals surface area contributed by atoms with Crippen LogP contribution in [0.5, 0.6) is 0 Å². The van der Waals surface area contributed by atoms with Gasteiger partial charge >= 0.3 is 0 Å². The molecular formula is C12H13FN2O2. The van der Waals surface area contributed by atoms with Crippen molar-refractivity contribution in [2.24, 2.45) is 0 Å². The lowest BCUT2D eigenvalue weighted by molar-refractivity contribution is -0.122. The first-order chi connectivity index (χ1) is 8.13. The number of aldehydes is 1. The topological polar surface area (TPSA) is 49.4 Å². The second-order valence-electron chi connectivity index (χ2n) is 3.98. The standard InChI is InChI=1S/C12H13FN2O2/c1-8-12(17)14-4-5-15(8)11-3-2-10(13)6-9(11)7-16/h2-3,6-8H,4-5H2,1H3,(H,14,17). The fourth-order valence-corrected chi connectivity index (χ4v) is 1.99. The molecule has 1 heterocycles. The molecule has 1 fully saturated rings. The van der Waals surface area contributed by atoms with Crippen molar-refractivity contribution in [3.05, 3.63) is 29.6 Å². The SMILES string of the molecule is CC1C(=O)NCCN1c1ccc(F)cc1C=O. The van der Waals surface area contributed by atoms with Crippen LogP contribution in [-0.2, 0) is 4.79 Å². The summed E-state index contributed by atoms with van der Waals surface area (Å²) in [5.74, 6) is -0.539. The van der Waals surface area contributed by atoms with Crippen LogP contribution in [0.15, 0.2) is 18.2 Å². The Bertz CT molecular complexity index is 462. The minimum absolute atomic E-state index is 0.0857. The molecule has 1 atom stereocenters. The van der Waals surface area contributed by atoms with Gasteiger partial charge in [-0.1, -0.05) is 0 Å². The smallest absolute Gasteiger partial charge is 0.242 e. The predicted octanol–water partition coefficient (Wildman–Crippen LogP) is 0.963. The number of benzene rings is 1. The van der Waals surface area contributed by atoms with Crippen LogP contribution in [0.2, 0.25) is 0 Å². The Labute approximate surface area is 98.4 Å². The Hall–Kier alpha value is -1.91. The van der Waals surface area contributed by atoms with E-state index < -0.39 is 5.82 Å². The minimum atomic E-state index is -0.454. The molecule has 4 nitrogen and oxygen atoms in total. The highest BCUT2D eigenvalue weighted by Gasteiger charge is 2.26. The van der Waals surface area contributed by atoms with Gasteiger partial charge in [0.2, 0.25) is 5.91 Å². The Kier molecular flexibility index (Phi) is 3.08. The number of carbonyl (C=O) groups excluding carboxylic acids is 2. The number of anilines is 1. The highest BCUT2D eigenvalue weighted by molar-refractivity contribution is 5.90. The summed E-state index contributed by atoms with van der Waals surface area (Å²) in [7, 11) is 0. The average molecular weight is 236 g/mol. The second-order valence-corrected chi connectivity index (χ2v) is 3.98. The number of halogens is 1. The van der Waals surface area contributed by atoms with Gasteiger partial charge in [0.1, 0.15) is 11.9 Å². The normalized spacial score (nSPS) is 20.0. The molecule has 1 amide bonds. The summed E-state index contributed by atoms with van der Waals surface area (Å²) >= 11 is 0. The lowest BCUT2D eigenvalue weighted by Crippen LogP contribution is -2.54. The van der Waals surface area contributed by atoms with Gasteiger partial charge in [-0.25, -0.2) is 4.39 Å². The van der Waals surface area contributed by atoms with Crippen LogP contribution in [0.3, 0.4) is 0 Å². The Morgan fingerprint density at radius 3 is 3.00 bits per heavy atom. The van der Waals surface area contributed by atoms with Gasteiger partial charge in [-0.05, 0) is 25.1 Å². The van der Waals surface area contributed by atoms with Gasteiger partial charge in [0.25, 0.3) is 0 Å². The molecule has 2 rings (SSSR count). The lowest BCUT2D eigenvalue weighted by atomic mass is 10.1. The van der Waals surface area contributed by atoms with Crippen LogP contribution < -0.4 is 10.2 Å². The Morgan fingerprint density at radius 2 is 2.29 bits per heavy atom. The zero-order chi connectivity index (χ0) is 12.4. The van der Waals surface area contributed by atoms with E-state index in [4.69, 9.17) is 0 Å².